The molecule has 0 spiro atoms. The minimum atomic E-state index is -0.381. The van der Waals surface area contributed by atoms with E-state index in [-0.39, 0.29) is 11.9 Å². The van der Waals surface area contributed by atoms with Crippen molar-refractivity contribution in [3.63, 3.8) is 0 Å². The first kappa shape index (κ1) is 22.1. The summed E-state index contributed by atoms with van der Waals surface area (Å²) in [4.78, 5) is 28.9. The van der Waals surface area contributed by atoms with E-state index in [1.54, 1.807) is 0 Å². The van der Waals surface area contributed by atoms with Crippen LogP contribution in [0.2, 0.25) is 0 Å². The van der Waals surface area contributed by atoms with Crippen molar-refractivity contribution in [2.24, 2.45) is 0 Å². The van der Waals surface area contributed by atoms with E-state index in [4.69, 9.17) is 0 Å². The summed E-state index contributed by atoms with van der Waals surface area (Å²) in [5.41, 5.74) is 3.01. The van der Waals surface area contributed by atoms with Crippen molar-refractivity contribution in [3.8, 4) is 0 Å². The number of amides is 3. The summed E-state index contributed by atoms with van der Waals surface area (Å²) in [7, 11) is 0. The molecule has 8 nitrogen and oxygen atoms in total. The fourth-order valence-electron chi connectivity index (χ4n) is 3.28. The van der Waals surface area contributed by atoms with E-state index < -0.39 is 0 Å². The lowest BCUT2D eigenvalue weighted by atomic mass is 10.2. The zero-order chi connectivity index (χ0) is 22.3. The van der Waals surface area contributed by atoms with Crippen LogP contribution in [-0.2, 0) is 4.79 Å². The number of piperazine rings is 1. The second kappa shape index (κ2) is 10.5. The summed E-state index contributed by atoms with van der Waals surface area (Å²) < 4.78 is 0.645. The Morgan fingerprint density at radius 1 is 0.969 bits per heavy atom. The molecule has 0 atom stereocenters. The van der Waals surface area contributed by atoms with Gasteiger partial charge in [-0.05, 0) is 31.2 Å². The Morgan fingerprint density at radius 3 is 2.41 bits per heavy atom. The van der Waals surface area contributed by atoms with Gasteiger partial charge in [0.2, 0.25) is 11.0 Å². The van der Waals surface area contributed by atoms with E-state index in [1.807, 2.05) is 54.3 Å². The molecule has 2 heterocycles. The molecule has 1 saturated heterocycles. The summed E-state index contributed by atoms with van der Waals surface area (Å²) in [6, 6.07) is 17.4. The predicted octanol–water partition coefficient (Wildman–Crippen LogP) is 3.93. The van der Waals surface area contributed by atoms with Gasteiger partial charge < -0.3 is 15.1 Å². The van der Waals surface area contributed by atoms with E-state index in [9.17, 15) is 9.59 Å². The Morgan fingerprint density at radius 2 is 1.69 bits per heavy atom. The van der Waals surface area contributed by atoms with Gasteiger partial charge in [0.15, 0.2) is 4.34 Å². The number of carbonyl (C=O) groups excluding carboxylic acids is 2. The molecule has 0 bridgehead atoms. The number of aromatic nitrogens is 2. The zero-order valence-corrected chi connectivity index (χ0v) is 19.3. The normalized spacial score (nSPS) is 13.7. The van der Waals surface area contributed by atoms with E-state index >= 15 is 0 Å². The second-order valence-corrected chi connectivity index (χ2v) is 9.51. The number of aryl methyl sites for hydroxylation is 1. The summed E-state index contributed by atoms with van der Waals surface area (Å²) in [5, 5.41) is 13.9. The van der Waals surface area contributed by atoms with E-state index in [1.165, 1.54) is 28.8 Å². The third-order valence-electron chi connectivity index (χ3n) is 5.01. The molecule has 10 heteroatoms. The maximum atomic E-state index is 12.6. The number of para-hydroxylation sites is 1. The molecule has 4 rings (SSSR count). The van der Waals surface area contributed by atoms with Crippen LogP contribution in [0.25, 0.3) is 0 Å². The minimum absolute atomic E-state index is 0.0875. The van der Waals surface area contributed by atoms with Crippen molar-refractivity contribution >= 4 is 51.5 Å². The van der Waals surface area contributed by atoms with Crippen LogP contribution in [0.4, 0.5) is 21.3 Å². The Bertz CT molecular complexity index is 1050. The highest BCUT2D eigenvalue weighted by Gasteiger charge is 2.21. The van der Waals surface area contributed by atoms with Crippen molar-refractivity contribution in [3.05, 3.63) is 60.2 Å². The maximum Gasteiger partial charge on any atom is 0.325 e. The highest BCUT2D eigenvalue weighted by Crippen LogP contribution is 2.26. The quantitative estimate of drug-likeness (QED) is 0.421. The fraction of sp³-hybridized carbons (Fsp3) is 0.273. The number of hydrogen-bond acceptors (Lipinski definition) is 7. The van der Waals surface area contributed by atoms with E-state index in [0.717, 1.165) is 18.7 Å². The highest BCUT2D eigenvalue weighted by atomic mass is 32.2. The van der Waals surface area contributed by atoms with Crippen LogP contribution in [0.5, 0.6) is 0 Å². The third-order valence-corrected chi connectivity index (χ3v) is 6.97. The number of rotatable bonds is 6. The van der Waals surface area contributed by atoms with Crippen LogP contribution < -0.4 is 15.5 Å². The van der Waals surface area contributed by atoms with Gasteiger partial charge in [-0.15, -0.1) is 10.2 Å². The lowest BCUT2D eigenvalue weighted by molar-refractivity contribution is -0.128. The van der Waals surface area contributed by atoms with Crippen LogP contribution in [0.3, 0.4) is 0 Å². The lowest BCUT2D eigenvalue weighted by Crippen LogP contribution is -2.49. The van der Waals surface area contributed by atoms with Gasteiger partial charge in [0.1, 0.15) is 0 Å². The van der Waals surface area contributed by atoms with Crippen molar-refractivity contribution < 1.29 is 9.59 Å². The SMILES string of the molecule is Cc1ccc(NC(=O)Nc2nnc(SCC(=O)N3CCN(c4ccccc4)CC3)s2)cc1. The summed E-state index contributed by atoms with van der Waals surface area (Å²) in [5.74, 6) is 0.389. The first-order chi connectivity index (χ1) is 15.6. The Labute approximate surface area is 195 Å². The predicted molar refractivity (Wildman–Crippen MR) is 130 cm³/mol. The molecule has 1 fully saturated rings. The van der Waals surface area contributed by atoms with Gasteiger partial charge in [-0.25, -0.2) is 4.79 Å². The van der Waals surface area contributed by atoms with Crippen LogP contribution in [-0.4, -0.2) is 59.0 Å². The van der Waals surface area contributed by atoms with Gasteiger partial charge in [-0.2, -0.15) is 0 Å². The van der Waals surface area contributed by atoms with Gasteiger partial charge in [0, 0.05) is 37.6 Å². The molecule has 3 amide bonds. The molecule has 32 heavy (non-hydrogen) atoms. The monoisotopic (exact) mass is 468 g/mol. The number of thioether (sulfide) groups is 1. The number of nitrogens with zero attached hydrogens (tertiary/aromatic N) is 4. The van der Waals surface area contributed by atoms with Crippen molar-refractivity contribution in [2.45, 2.75) is 11.3 Å². The van der Waals surface area contributed by atoms with Gasteiger partial charge >= 0.3 is 6.03 Å². The smallest absolute Gasteiger partial charge is 0.325 e. The Balaban J connectivity index is 1.20. The fourth-order valence-corrected chi connectivity index (χ4v) is 4.93. The van der Waals surface area contributed by atoms with Crippen molar-refractivity contribution in [1.29, 1.82) is 0 Å². The largest absolute Gasteiger partial charge is 0.368 e. The summed E-state index contributed by atoms with van der Waals surface area (Å²) in [6.45, 7) is 5.04. The average Bonchev–Trinajstić information content (AvgIpc) is 3.27. The number of carbonyl (C=O) groups is 2. The Kier molecular flexibility index (Phi) is 7.23. The van der Waals surface area contributed by atoms with Crippen LogP contribution in [0.1, 0.15) is 5.56 Å². The third kappa shape index (κ3) is 5.98. The molecule has 2 aromatic carbocycles. The number of urea groups is 1. The molecule has 0 unspecified atom stereocenters. The topological polar surface area (TPSA) is 90.5 Å². The van der Waals surface area contributed by atoms with Crippen molar-refractivity contribution in [1.82, 2.24) is 15.1 Å². The Hall–Kier alpha value is -3.11. The molecule has 0 aliphatic carbocycles. The van der Waals surface area contributed by atoms with Gasteiger partial charge in [0.05, 0.1) is 5.75 Å². The molecule has 166 valence electrons. The van der Waals surface area contributed by atoms with E-state index in [2.05, 4.69) is 37.9 Å². The second-order valence-electron chi connectivity index (χ2n) is 7.31. The maximum absolute atomic E-state index is 12.6. The lowest BCUT2D eigenvalue weighted by Gasteiger charge is -2.36. The average molecular weight is 469 g/mol. The molecule has 1 aliphatic heterocycles. The standard InChI is InChI=1S/C22H24N6O2S2/c1-16-7-9-17(10-8-16)23-20(30)24-21-25-26-22(32-21)31-15-19(29)28-13-11-27(12-14-28)18-5-3-2-4-6-18/h2-10H,11-15H2,1H3,(H2,23,24,25,30). The van der Waals surface area contributed by atoms with Crippen molar-refractivity contribution in [2.75, 3.05) is 47.5 Å². The minimum Gasteiger partial charge on any atom is -0.368 e. The molecular formula is C22H24N6O2S2. The number of hydrogen-bond donors (Lipinski definition) is 2. The molecule has 1 aliphatic rings. The molecule has 0 saturated carbocycles. The summed E-state index contributed by atoms with van der Waals surface area (Å²) >= 11 is 2.59. The van der Waals surface area contributed by atoms with Gasteiger partial charge in [-0.1, -0.05) is 59.0 Å². The first-order valence-electron chi connectivity index (χ1n) is 10.3. The van der Waals surface area contributed by atoms with Gasteiger partial charge in [0.25, 0.3) is 0 Å². The zero-order valence-electron chi connectivity index (χ0n) is 17.7. The number of anilines is 3. The van der Waals surface area contributed by atoms with Crippen LogP contribution in [0, 0.1) is 6.92 Å². The van der Waals surface area contributed by atoms with Gasteiger partial charge in [-0.3, -0.25) is 10.1 Å². The highest BCUT2D eigenvalue weighted by molar-refractivity contribution is 8.01. The molecule has 3 aromatic rings. The first-order valence-corrected chi connectivity index (χ1v) is 12.1. The molecular weight excluding hydrogens is 444 g/mol. The van der Waals surface area contributed by atoms with E-state index in [0.29, 0.717) is 34.0 Å². The summed E-state index contributed by atoms with van der Waals surface area (Å²) in [6.07, 6.45) is 0. The molecule has 2 N–H and O–H groups in total. The van der Waals surface area contributed by atoms with Crippen LogP contribution in [0.15, 0.2) is 58.9 Å². The molecule has 0 radical (unpaired) electrons. The molecule has 1 aromatic heterocycles. The van der Waals surface area contributed by atoms with Crippen LogP contribution >= 0.6 is 23.1 Å². The number of benzene rings is 2. The number of nitrogens with one attached hydrogen (secondary N) is 2.